The van der Waals surface area contributed by atoms with Crippen LogP contribution in [0.1, 0.15) is 10.4 Å². The second-order valence-corrected chi connectivity index (χ2v) is 5.66. The zero-order valence-electron chi connectivity index (χ0n) is 9.88. The van der Waals surface area contributed by atoms with E-state index in [1.165, 1.54) is 24.3 Å². The van der Waals surface area contributed by atoms with Gasteiger partial charge in [-0.15, -0.1) is 0 Å². The molecule has 0 fully saturated rings. The minimum absolute atomic E-state index is 0.0577. The number of nitrogen functional groups attached to an aromatic ring is 1. The zero-order valence-corrected chi connectivity index (χ0v) is 13.0. The van der Waals surface area contributed by atoms with E-state index >= 15 is 0 Å². The van der Waals surface area contributed by atoms with Crippen LogP contribution in [0.5, 0.6) is 0 Å². The number of nitrogens with two attached hydrogens (primary N) is 1. The molecule has 3 N–H and O–H groups in total. The number of rotatable bonds is 2. The van der Waals surface area contributed by atoms with Gasteiger partial charge in [-0.1, -0.05) is 39.1 Å². The largest absolute Gasteiger partial charge is 0.396 e. The van der Waals surface area contributed by atoms with Crippen LogP contribution in [0.2, 0.25) is 10.0 Å². The lowest BCUT2D eigenvalue weighted by Crippen LogP contribution is -2.13. The van der Waals surface area contributed by atoms with Crippen LogP contribution in [0.25, 0.3) is 0 Å². The lowest BCUT2D eigenvalue weighted by molar-refractivity contribution is 0.102. The van der Waals surface area contributed by atoms with E-state index < -0.39 is 11.7 Å². The summed E-state index contributed by atoms with van der Waals surface area (Å²) in [6.07, 6.45) is 0. The maximum Gasteiger partial charge on any atom is 0.255 e. The van der Waals surface area contributed by atoms with Crippen molar-refractivity contribution in [2.45, 2.75) is 0 Å². The number of carbonyl (C=O) groups is 1. The Balaban J connectivity index is 2.28. The molecule has 0 radical (unpaired) electrons. The Hall–Kier alpha value is -1.30. The standard InChI is InChI=1S/C13H8BrCl2FN2O/c14-7-1-2-11(10(17)5-7)19-13(20)6-3-8(15)12(18)9(16)4-6/h1-5H,18H2,(H,19,20). The number of hydrogen-bond acceptors (Lipinski definition) is 2. The molecule has 20 heavy (non-hydrogen) atoms. The third-order valence-electron chi connectivity index (χ3n) is 2.52. The summed E-state index contributed by atoms with van der Waals surface area (Å²) in [6.45, 7) is 0. The van der Waals surface area contributed by atoms with Crippen LogP contribution in [0.4, 0.5) is 15.8 Å². The second kappa shape index (κ2) is 5.99. The van der Waals surface area contributed by atoms with Crippen molar-refractivity contribution in [2.24, 2.45) is 0 Å². The van der Waals surface area contributed by atoms with Crippen molar-refractivity contribution >= 4 is 56.4 Å². The van der Waals surface area contributed by atoms with Crippen molar-refractivity contribution in [3.63, 3.8) is 0 Å². The fraction of sp³-hybridized carbons (Fsp3) is 0. The maximum absolute atomic E-state index is 13.6. The Bertz CT molecular complexity index is 671. The van der Waals surface area contributed by atoms with Gasteiger partial charge in [0.15, 0.2) is 0 Å². The van der Waals surface area contributed by atoms with Crippen molar-refractivity contribution in [2.75, 3.05) is 11.1 Å². The van der Waals surface area contributed by atoms with Crippen LogP contribution >= 0.6 is 39.1 Å². The van der Waals surface area contributed by atoms with E-state index in [1.807, 2.05) is 0 Å². The van der Waals surface area contributed by atoms with Crippen LogP contribution < -0.4 is 11.1 Å². The number of benzene rings is 2. The van der Waals surface area contributed by atoms with Crippen LogP contribution in [0, 0.1) is 5.82 Å². The van der Waals surface area contributed by atoms with E-state index in [1.54, 1.807) is 6.07 Å². The molecule has 0 spiro atoms. The molecule has 0 unspecified atom stereocenters. The minimum atomic E-state index is -0.555. The summed E-state index contributed by atoms with van der Waals surface area (Å²) in [5.41, 5.74) is 6.03. The summed E-state index contributed by atoms with van der Waals surface area (Å²) in [6, 6.07) is 7.04. The zero-order chi connectivity index (χ0) is 14.9. The highest BCUT2D eigenvalue weighted by atomic mass is 79.9. The molecule has 104 valence electrons. The number of hydrogen-bond donors (Lipinski definition) is 2. The first kappa shape index (κ1) is 15.1. The molecule has 0 bridgehead atoms. The Kier molecular flexibility index (Phi) is 4.52. The van der Waals surface area contributed by atoms with E-state index in [0.29, 0.717) is 4.47 Å². The summed E-state index contributed by atoms with van der Waals surface area (Å²) < 4.78 is 14.2. The van der Waals surface area contributed by atoms with Gasteiger partial charge in [-0.3, -0.25) is 4.79 Å². The quantitative estimate of drug-likeness (QED) is 0.743. The number of halogens is 4. The lowest BCUT2D eigenvalue weighted by Gasteiger charge is -2.09. The predicted molar refractivity (Wildman–Crippen MR) is 82.9 cm³/mol. The number of anilines is 2. The molecular weight excluding hydrogens is 370 g/mol. The summed E-state index contributed by atoms with van der Waals surface area (Å²) in [7, 11) is 0. The summed E-state index contributed by atoms with van der Waals surface area (Å²) >= 11 is 14.8. The molecule has 0 saturated carbocycles. The van der Waals surface area contributed by atoms with E-state index in [-0.39, 0.29) is 27.0 Å². The topological polar surface area (TPSA) is 55.1 Å². The van der Waals surface area contributed by atoms with Crippen molar-refractivity contribution in [3.8, 4) is 0 Å². The van der Waals surface area contributed by atoms with Crippen molar-refractivity contribution in [1.82, 2.24) is 0 Å². The Morgan fingerprint density at radius 3 is 2.35 bits per heavy atom. The van der Waals surface area contributed by atoms with Gasteiger partial charge in [0.2, 0.25) is 0 Å². The Morgan fingerprint density at radius 1 is 1.20 bits per heavy atom. The predicted octanol–water partition coefficient (Wildman–Crippen LogP) is 4.73. The van der Waals surface area contributed by atoms with Crippen LogP contribution in [0.3, 0.4) is 0 Å². The molecule has 0 aliphatic rings. The third kappa shape index (κ3) is 3.23. The molecule has 2 aromatic carbocycles. The highest BCUT2D eigenvalue weighted by molar-refractivity contribution is 9.10. The SMILES string of the molecule is Nc1c(Cl)cc(C(=O)Nc2ccc(Br)cc2F)cc1Cl. The Labute approximate surface area is 133 Å². The molecular formula is C13H8BrCl2FN2O. The molecule has 2 aromatic rings. The third-order valence-corrected chi connectivity index (χ3v) is 3.64. The van der Waals surface area contributed by atoms with Gasteiger partial charge in [-0.25, -0.2) is 4.39 Å². The molecule has 0 aliphatic heterocycles. The van der Waals surface area contributed by atoms with Gasteiger partial charge in [0.05, 0.1) is 21.4 Å². The number of amides is 1. The molecule has 2 rings (SSSR count). The first-order chi connectivity index (χ1) is 9.38. The second-order valence-electron chi connectivity index (χ2n) is 3.93. The first-order valence-electron chi connectivity index (χ1n) is 5.39. The van der Waals surface area contributed by atoms with Crippen molar-refractivity contribution in [3.05, 3.63) is 56.2 Å². The fourth-order valence-electron chi connectivity index (χ4n) is 1.50. The molecule has 0 atom stereocenters. The monoisotopic (exact) mass is 376 g/mol. The van der Waals surface area contributed by atoms with Crippen molar-refractivity contribution in [1.29, 1.82) is 0 Å². The number of carbonyl (C=O) groups excluding carboxylic acids is 1. The molecule has 0 aromatic heterocycles. The van der Waals surface area contributed by atoms with E-state index in [0.717, 1.165) is 0 Å². The van der Waals surface area contributed by atoms with E-state index in [2.05, 4.69) is 21.2 Å². The smallest absolute Gasteiger partial charge is 0.255 e. The minimum Gasteiger partial charge on any atom is -0.396 e. The van der Waals surface area contributed by atoms with Crippen LogP contribution in [-0.2, 0) is 0 Å². The molecule has 0 saturated heterocycles. The van der Waals surface area contributed by atoms with Gasteiger partial charge < -0.3 is 11.1 Å². The first-order valence-corrected chi connectivity index (χ1v) is 6.94. The highest BCUT2D eigenvalue weighted by Crippen LogP contribution is 2.29. The summed E-state index contributed by atoms with van der Waals surface area (Å²) in [4.78, 5) is 12.0. The van der Waals surface area contributed by atoms with Gasteiger partial charge in [0.25, 0.3) is 5.91 Å². The van der Waals surface area contributed by atoms with Crippen LogP contribution in [0.15, 0.2) is 34.8 Å². The highest BCUT2D eigenvalue weighted by Gasteiger charge is 2.13. The summed E-state index contributed by atoms with van der Waals surface area (Å²) in [5, 5.41) is 2.77. The van der Waals surface area contributed by atoms with Gasteiger partial charge in [0, 0.05) is 10.0 Å². The van der Waals surface area contributed by atoms with E-state index in [4.69, 9.17) is 28.9 Å². The fourth-order valence-corrected chi connectivity index (χ4v) is 2.32. The molecule has 0 heterocycles. The lowest BCUT2D eigenvalue weighted by atomic mass is 10.2. The van der Waals surface area contributed by atoms with Crippen molar-refractivity contribution < 1.29 is 9.18 Å². The molecule has 0 aliphatic carbocycles. The van der Waals surface area contributed by atoms with Crippen LogP contribution in [-0.4, -0.2) is 5.91 Å². The molecule has 7 heteroatoms. The average Bonchev–Trinajstić information content (AvgIpc) is 2.38. The van der Waals surface area contributed by atoms with E-state index in [9.17, 15) is 9.18 Å². The average molecular weight is 378 g/mol. The van der Waals surface area contributed by atoms with Gasteiger partial charge >= 0.3 is 0 Å². The van der Waals surface area contributed by atoms with Gasteiger partial charge in [0.1, 0.15) is 5.82 Å². The number of nitrogens with one attached hydrogen (secondary N) is 1. The summed E-state index contributed by atoms with van der Waals surface area (Å²) in [5.74, 6) is -1.09. The van der Waals surface area contributed by atoms with Gasteiger partial charge in [-0.2, -0.15) is 0 Å². The van der Waals surface area contributed by atoms with Gasteiger partial charge in [-0.05, 0) is 30.3 Å². The maximum atomic E-state index is 13.6. The molecule has 1 amide bonds. The Morgan fingerprint density at radius 2 is 1.80 bits per heavy atom. The normalized spacial score (nSPS) is 10.4. The molecule has 3 nitrogen and oxygen atoms in total.